The first-order chi connectivity index (χ1) is 7.36. The van der Waals surface area contributed by atoms with Gasteiger partial charge in [-0.25, -0.2) is 4.98 Å². The standard InChI is InChI=1S/C10H17N5/c1-15-5-4-12-6-9(15)7-14-10-8-11-2-3-13-10/h2-3,8-9,12H,4-7H2,1H3,(H,13,14). The summed E-state index contributed by atoms with van der Waals surface area (Å²) in [6.45, 7) is 4.12. The van der Waals surface area contributed by atoms with Gasteiger partial charge in [0.2, 0.25) is 0 Å². The summed E-state index contributed by atoms with van der Waals surface area (Å²) in [6.07, 6.45) is 5.13. The zero-order valence-electron chi connectivity index (χ0n) is 8.98. The summed E-state index contributed by atoms with van der Waals surface area (Å²) in [5.41, 5.74) is 0. The normalized spacial score (nSPS) is 22.6. The van der Waals surface area contributed by atoms with Crippen molar-refractivity contribution in [3.63, 3.8) is 0 Å². The minimum atomic E-state index is 0.528. The van der Waals surface area contributed by atoms with E-state index >= 15 is 0 Å². The van der Waals surface area contributed by atoms with Crippen LogP contribution in [0, 0.1) is 0 Å². The topological polar surface area (TPSA) is 53.1 Å². The molecule has 15 heavy (non-hydrogen) atoms. The van der Waals surface area contributed by atoms with Crippen molar-refractivity contribution in [2.45, 2.75) is 6.04 Å². The van der Waals surface area contributed by atoms with Gasteiger partial charge in [-0.2, -0.15) is 0 Å². The van der Waals surface area contributed by atoms with E-state index in [9.17, 15) is 0 Å². The molecular formula is C10H17N5. The van der Waals surface area contributed by atoms with Gasteiger partial charge in [-0.05, 0) is 7.05 Å². The summed E-state index contributed by atoms with van der Waals surface area (Å²) in [4.78, 5) is 10.5. The predicted molar refractivity (Wildman–Crippen MR) is 59.8 cm³/mol. The lowest BCUT2D eigenvalue weighted by Crippen LogP contribution is -2.52. The first-order valence-electron chi connectivity index (χ1n) is 5.27. The molecule has 5 heteroatoms. The molecule has 2 rings (SSSR count). The van der Waals surface area contributed by atoms with Gasteiger partial charge in [0, 0.05) is 44.6 Å². The van der Waals surface area contributed by atoms with Crippen LogP contribution < -0.4 is 10.6 Å². The van der Waals surface area contributed by atoms with Crippen LogP contribution in [0.1, 0.15) is 0 Å². The summed E-state index contributed by atoms with van der Waals surface area (Å²) in [5.74, 6) is 0.844. The fraction of sp³-hybridized carbons (Fsp3) is 0.600. The number of nitrogens with one attached hydrogen (secondary N) is 2. The highest BCUT2D eigenvalue weighted by Gasteiger charge is 2.17. The van der Waals surface area contributed by atoms with Crippen molar-refractivity contribution in [1.82, 2.24) is 20.2 Å². The van der Waals surface area contributed by atoms with Gasteiger partial charge >= 0.3 is 0 Å². The smallest absolute Gasteiger partial charge is 0.144 e. The largest absolute Gasteiger partial charge is 0.367 e. The second-order valence-corrected chi connectivity index (χ2v) is 3.81. The van der Waals surface area contributed by atoms with Crippen LogP contribution in [0.4, 0.5) is 5.82 Å². The van der Waals surface area contributed by atoms with Crippen LogP contribution in [0.5, 0.6) is 0 Å². The van der Waals surface area contributed by atoms with E-state index in [0.717, 1.165) is 32.0 Å². The summed E-state index contributed by atoms with van der Waals surface area (Å²) in [5, 5.41) is 6.67. The molecule has 1 atom stereocenters. The molecular weight excluding hydrogens is 190 g/mol. The zero-order chi connectivity index (χ0) is 10.5. The van der Waals surface area contributed by atoms with Gasteiger partial charge in [-0.3, -0.25) is 9.88 Å². The van der Waals surface area contributed by atoms with Gasteiger partial charge in [0.25, 0.3) is 0 Å². The lowest BCUT2D eigenvalue weighted by Gasteiger charge is -2.33. The molecule has 1 aromatic heterocycles. The van der Waals surface area contributed by atoms with Crippen LogP contribution in [0.3, 0.4) is 0 Å². The monoisotopic (exact) mass is 207 g/mol. The van der Waals surface area contributed by atoms with Crippen LogP contribution in [0.2, 0.25) is 0 Å². The number of hydrogen-bond acceptors (Lipinski definition) is 5. The molecule has 1 aromatic rings. The third kappa shape index (κ3) is 2.87. The number of hydrogen-bond donors (Lipinski definition) is 2. The van der Waals surface area contributed by atoms with Crippen molar-refractivity contribution in [3.8, 4) is 0 Å². The van der Waals surface area contributed by atoms with Crippen molar-refractivity contribution < 1.29 is 0 Å². The minimum Gasteiger partial charge on any atom is -0.367 e. The Labute approximate surface area is 89.9 Å². The van der Waals surface area contributed by atoms with Gasteiger partial charge in [-0.1, -0.05) is 0 Å². The first kappa shape index (κ1) is 10.3. The maximum absolute atomic E-state index is 4.18. The molecule has 0 aromatic carbocycles. The predicted octanol–water partition coefficient (Wildman–Crippen LogP) is -0.208. The van der Waals surface area contributed by atoms with Gasteiger partial charge < -0.3 is 10.6 Å². The maximum Gasteiger partial charge on any atom is 0.144 e. The van der Waals surface area contributed by atoms with Gasteiger partial charge in [0.1, 0.15) is 5.82 Å². The summed E-state index contributed by atoms with van der Waals surface area (Å²) >= 11 is 0. The number of aromatic nitrogens is 2. The van der Waals surface area contributed by atoms with Gasteiger partial charge in [0.15, 0.2) is 0 Å². The third-order valence-corrected chi connectivity index (χ3v) is 2.73. The van der Waals surface area contributed by atoms with E-state index in [1.54, 1.807) is 18.6 Å². The van der Waals surface area contributed by atoms with Crippen LogP contribution in [0.15, 0.2) is 18.6 Å². The van der Waals surface area contributed by atoms with Gasteiger partial charge in [-0.15, -0.1) is 0 Å². The Morgan fingerprint density at radius 3 is 3.27 bits per heavy atom. The molecule has 1 aliphatic heterocycles. The molecule has 0 bridgehead atoms. The van der Waals surface area contributed by atoms with E-state index in [2.05, 4.69) is 32.5 Å². The molecule has 2 heterocycles. The molecule has 82 valence electrons. The maximum atomic E-state index is 4.18. The lowest BCUT2D eigenvalue weighted by molar-refractivity contribution is 0.209. The molecule has 0 amide bonds. The van der Waals surface area contributed by atoms with E-state index in [1.165, 1.54) is 0 Å². The van der Waals surface area contributed by atoms with Crippen molar-refractivity contribution >= 4 is 5.82 Å². The van der Waals surface area contributed by atoms with E-state index in [0.29, 0.717) is 6.04 Å². The van der Waals surface area contributed by atoms with Crippen molar-refractivity contribution in [3.05, 3.63) is 18.6 Å². The quantitative estimate of drug-likeness (QED) is 0.718. The first-order valence-corrected chi connectivity index (χ1v) is 5.27. The average Bonchev–Trinajstić information content (AvgIpc) is 2.29. The van der Waals surface area contributed by atoms with E-state index in [1.807, 2.05) is 0 Å². The Kier molecular flexibility index (Phi) is 3.47. The van der Waals surface area contributed by atoms with Gasteiger partial charge in [0.05, 0.1) is 6.20 Å². The summed E-state index contributed by atoms with van der Waals surface area (Å²) < 4.78 is 0. The molecule has 0 spiro atoms. The number of nitrogens with zero attached hydrogens (tertiary/aromatic N) is 3. The van der Waals surface area contributed by atoms with Crippen molar-refractivity contribution in [2.24, 2.45) is 0 Å². The highest BCUT2D eigenvalue weighted by molar-refractivity contribution is 5.30. The molecule has 0 radical (unpaired) electrons. The average molecular weight is 207 g/mol. The van der Waals surface area contributed by atoms with Crippen LogP contribution in [-0.2, 0) is 0 Å². The van der Waals surface area contributed by atoms with E-state index in [-0.39, 0.29) is 0 Å². The fourth-order valence-electron chi connectivity index (χ4n) is 1.70. The Morgan fingerprint density at radius 1 is 1.60 bits per heavy atom. The van der Waals surface area contributed by atoms with Crippen LogP contribution in [0.25, 0.3) is 0 Å². The molecule has 1 fully saturated rings. The molecule has 2 N–H and O–H groups in total. The highest BCUT2D eigenvalue weighted by Crippen LogP contribution is 2.02. The Bertz CT molecular complexity index is 289. The number of piperazine rings is 1. The molecule has 1 saturated heterocycles. The Hall–Kier alpha value is -1.20. The SMILES string of the molecule is CN1CCNCC1CNc1cnccn1. The number of likely N-dealkylation sites (N-methyl/N-ethyl adjacent to an activating group) is 1. The Balaban J connectivity index is 1.82. The zero-order valence-corrected chi connectivity index (χ0v) is 8.98. The molecule has 0 saturated carbocycles. The van der Waals surface area contributed by atoms with E-state index in [4.69, 9.17) is 0 Å². The molecule has 1 unspecified atom stereocenters. The number of rotatable bonds is 3. The lowest BCUT2D eigenvalue weighted by atomic mass is 10.2. The minimum absolute atomic E-state index is 0.528. The molecule has 1 aliphatic rings. The second-order valence-electron chi connectivity index (χ2n) is 3.81. The Morgan fingerprint density at radius 2 is 2.53 bits per heavy atom. The van der Waals surface area contributed by atoms with Crippen LogP contribution in [-0.4, -0.2) is 54.1 Å². The number of anilines is 1. The summed E-state index contributed by atoms with van der Waals surface area (Å²) in [7, 11) is 2.16. The third-order valence-electron chi connectivity index (χ3n) is 2.73. The fourth-order valence-corrected chi connectivity index (χ4v) is 1.70. The second kappa shape index (κ2) is 5.04. The highest BCUT2D eigenvalue weighted by atomic mass is 15.2. The van der Waals surface area contributed by atoms with Crippen molar-refractivity contribution in [2.75, 3.05) is 38.5 Å². The van der Waals surface area contributed by atoms with Crippen molar-refractivity contribution in [1.29, 1.82) is 0 Å². The molecule has 0 aliphatic carbocycles. The summed E-state index contributed by atoms with van der Waals surface area (Å²) in [6, 6.07) is 0.528. The van der Waals surface area contributed by atoms with Crippen LogP contribution >= 0.6 is 0 Å². The molecule has 5 nitrogen and oxygen atoms in total. The van der Waals surface area contributed by atoms with E-state index < -0.39 is 0 Å².